The molecular weight excluding hydrogens is 300 g/mol. The Bertz CT molecular complexity index is 645. The second kappa shape index (κ2) is 6.38. The number of hydrogen-bond acceptors (Lipinski definition) is 3. The van der Waals surface area contributed by atoms with E-state index in [2.05, 4.69) is 13.8 Å². The quantitative estimate of drug-likeness (QED) is 0.855. The summed E-state index contributed by atoms with van der Waals surface area (Å²) in [6.45, 7) is 5.74. The summed E-state index contributed by atoms with van der Waals surface area (Å²) in [5.74, 6) is 0.858. The lowest BCUT2D eigenvalue weighted by Crippen LogP contribution is -2.42. The first-order valence-corrected chi connectivity index (χ1v) is 8.97. The molecule has 0 aromatic heterocycles. The minimum absolute atomic E-state index is 0.0887. The number of hydrogen-bond donors (Lipinski definition) is 0. The van der Waals surface area contributed by atoms with Gasteiger partial charge in [-0.1, -0.05) is 19.9 Å². The fourth-order valence-corrected chi connectivity index (χ4v) is 3.96. The van der Waals surface area contributed by atoms with E-state index in [4.69, 9.17) is 0 Å². The molecule has 1 fully saturated rings. The zero-order valence-corrected chi connectivity index (χ0v) is 14.4. The average molecular weight is 324 g/mol. The number of benzene rings is 1. The lowest BCUT2D eigenvalue weighted by molar-refractivity contribution is 0.0623. The minimum Gasteiger partial charge on any atom is -0.338 e. The van der Waals surface area contributed by atoms with Crippen LogP contribution >= 0.6 is 0 Å². The van der Waals surface area contributed by atoms with E-state index >= 15 is 0 Å². The van der Waals surface area contributed by atoms with Crippen molar-refractivity contribution in [3.8, 4) is 0 Å². The maximum absolute atomic E-state index is 12.7. The normalized spacial score (nSPS) is 22.9. The average Bonchev–Trinajstić information content (AvgIpc) is 2.45. The number of piperidine rings is 1. The van der Waals surface area contributed by atoms with Crippen molar-refractivity contribution >= 4 is 15.9 Å². The third kappa shape index (κ3) is 3.50. The van der Waals surface area contributed by atoms with E-state index in [1.807, 2.05) is 4.90 Å². The molecule has 0 radical (unpaired) electrons. The number of amides is 1. The molecule has 1 amide bonds. The molecule has 0 aliphatic carbocycles. The van der Waals surface area contributed by atoms with Crippen molar-refractivity contribution in [1.82, 2.24) is 9.21 Å². The van der Waals surface area contributed by atoms with Crippen LogP contribution in [0.15, 0.2) is 29.2 Å². The van der Waals surface area contributed by atoms with E-state index in [0.29, 0.717) is 17.4 Å². The van der Waals surface area contributed by atoms with Crippen LogP contribution < -0.4 is 0 Å². The van der Waals surface area contributed by atoms with Gasteiger partial charge in [-0.25, -0.2) is 12.7 Å². The third-order valence-electron chi connectivity index (χ3n) is 4.02. The zero-order valence-electron chi connectivity index (χ0n) is 13.6. The van der Waals surface area contributed by atoms with Crippen LogP contribution in [-0.2, 0) is 10.0 Å². The van der Waals surface area contributed by atoms with E-state index in [9.17, 15) is 13.2 Å². The van der Waals surface area contributed by atoms with E-state index in [1.165, 1.54) is 26.2 Å². The fraction of sp³-hybridized carbons (Fsp3) is 0.562. The molecule has 1 heterocycles. The van der Waals surface area contributed by atoms with Gasteiger partial charge in [-0.15, -0.1) is 0 Å². The highest BCUT2D eigenvalue weighted by atomic mass is 32.2. The van der Waals surface area contributed by atoms with Crippen molar-refractivity contribution in [1.29, 1.82) is 0 Å². The summed E-state index contributed by atoms with van der Waals surface area (Å²) < 4.78 is 25.5. The Balaban J connectivity index is 2.28. The molecule has 22 heavy (non-hydrogen) atoms. The van der Waals surface area contributed by atoms with E-state index < -0.39 is 10.0 Å². The van der Waals surface area contributed by atoms with Crippen molar-refractivity contribution < 1.29 is 13.2 Å². The van der Waals surface area contributed by atoms with Gasteiger partial charge >= 0.3 is 0 Å². The highest BCUT2D eigenvalue weighted by Crippen LogP contribution is 2.23. The number of carbonyl (C=O) groups excluding carboxylic acids is 1. The maximum atomic E-state index is 12.7. The molecule has 0 bridgehead atoms. The van der Waals surface area contributed by atoms with Crippen LogP contribution in [0, 0.1) is 11.8 Å². The van der Waals surface area contributed by atoms with Gasteiger partial charge < -0.3 is 4.90 Å². The highest BCUT2D eigenvalue weighted by molar-refractivity contribution is 7.89. The molecule has 0 saturated carbocycles. The second-order valence-electron chi connectivity index (χ2n) is 6.47. The molecule has 122 valence electrons. The summed E-state index contributed by atoms with van der Waals surface area (Å²) in [5, 5.41) is 0. The van der Waals surface area contributed by atoms with Gasteiger partial charge in [-0.3, -0.25) is 4.79 Å². The molecule has 0 N–H and O–H groups in total. The fourth-order valence-electron chi connectivity index (χ4n) is 3.01. The summed E-state index contributed by atoms with van der Waals surface area (Å²) in [6.07, 6.45) is 1.12. The van der Waals surface area contributed by atoms with Crippen molar-refractivity contribution in [2.24, 2.45) is 11.8 Å². The van der Waals surface area contributed by atoms with Gasteiger partial charge in [0.15, 0.2) is 0 Å². The van der Waals surface area contributed by atoms with Gasteiger partial charge in [0.1, 0.15) is 0 Å². The number of likely N-dealkylation sites (tertiary alicyclic amines) is 1. The first kappa shape index (κ1) is 17.0. The monoisotopic (exact) mass is 324 g/mol. The smallest absolute Gasteiger partial charge is 0.253 e. The third-order valence-corrected chi connectivity index (χ3v) is 5.83. The molecule has 1 saturated heterocycles. The Labute approximate surface area is 133 Å². The SMILES string of the molecule is CC1CC(C)CN(C(=O)c2cccc(S(=O)(=O)N(C)C)c2)C1. The summed E-state index contributed by atoms with van der Waals surface area (Å²) in [4.78, 5) is 14.6. The first-order valence-electron chi connectivity index (χ1n) is 7.53. The summed E-state index contributed by atoms with van der Waals surface area (Å²) in [5.41, 5.74) is 0.434. The van der Waals surface area contributed by atoms with E-state index in [1.54, 1.807) is 12.1 Å². The van der Waals surface area contributed by atoms with Gasteiger partial charge in [-0.05, 0) is 36.5 Å². The summed E-state index contributed by atoms with van der Waals surface area (Å²) >= 11 is 0. The molecular formula is C16H24N2O3S. The highest BCUT2D eigenvalue weighted by Gasteiger charge is 2.27. The van der Waals surface area contributed by atoms with Gasteiger partial charge in [0.05, 0.1) is 4.90 Å². The molecule has 2 rings (SSSR count). The molecule has 1 aliphatic heterocycles. The Morgan fingerprint density at radius 1 is 1.18 bits per heavy atom. The molecule has 1 aliphatic rings. The lowest BCUT2D eigenvalue weighted by Gasteiger charge is -2.35. The second-order valence-corrected chi connectivity index (χ2v) is 8.62. The Morgan fingerprint density at radius 3 is 2.32 bits per heavy atom. The number of rotatable bonds is 3. The van der Waals surface area contributed by atoms with Gasteiger partial charge in [0.2, 0.25) is 10.0 Å². The van der Waals surface area contributed by atoms with Crippen LogP contribution in [0.1, 0.15) is 30.6 Å². The van der Waals surface area contributed by atoms with Crippen LogP contribution in [0.25, 0.3) is 0 Å². The molecule has 1 aromatic carbocycles. The maximum Gasteiger partial charge on any atom is 0.253 e. The molecule has 2 unspecified atom stereocenters. The van der Waals surface area contributed by atoms with Crippen LogP contribution in [0.2, 0.25) is 0 Å². The van der Waals surface area contributed by atoms with Crippen molar-refractivity contribution in [3.05, 3.63) is 29.8 Å². The van der Waals surface area contributed by atoms with Crippen LogP contribution in [-0.4, -0.2) is 50.7 Å². The Kier molecular flexibility index (Phi) is 4.92. The van der Waals surface area contributed by atoms with Gasteiger partial charge in [-0.2, -0.15) is 0 Å². The van der Waals surface area contributed by atoms with Gasteiger partial charge in [0, 0.05) is 32.7 Å². The predicted octanol–water partition coefficient (Wildman–Crippen LogP) is 2.06. The van der Waals surface area contributed by atoms with E-state index in [-0.39, 0.29) is 10.8 Å². The lowest BCUT2D eigenvalue weighted by atomic mass is 9.91. The number of carbonyl (C=O) groups is 1. The Morgan fingerprint density at radius 2 is 1.77 bits per heavy atom. The van der Waals surface area contributed by atoms with Crippen LogP contribution in [0.4, 0.5) is 0 Å². The predicted molar refractivity (Wildman–Crippen MR) is 86.2 cm³/mol. The summed E-state index contributed by atoms with van der Waals surface area (Å²) in [7, 11) is -0.555. The zero-order chi connectivity index (χ0) is 16.5. The molecule has 1 aromatic rings. The molecule has 0 spiro atoms. The first-order chi connectivity index (χ1) is 10.2. The largest absolute Gasteiger partial charge is 0.338 e. The molecule has 2 atom stereocenters. The van der Waals surface area contributed by atoms with E-state index in [0.717, 1.165) is 23.8 Å². The minimum atomic E-state index is -3.52. The standard InChI is InChI=1S/C16H24N2O3S/c1-12-8-13(2)11-18(10-12)16(19)14-6-5-7-15(9-14)22(20,21)17(3)4/h5-7,9,12-13H,8,10-11H2,1-4H3. The van der Waals surface area contributed by atoms with Crippen molar-refractivity contribution in [3.63, 3.8) is 0 Å². The molecule has 5 nitrogen and oxygen atoms in total. The van der Waals surface area contributed by atoms with Crippen LogP contribution in [0.5, 0.6) is 0 Å². The number of nitrogens with zero attached hydrogens (tertiary/aromatic N) is 2. The topological polar surface area (TPSA) is 57.7 Å². The summed E-state index contributed by atoms with van der Waals surface area (Å²) in [6, 6.07) is 6.30. The van der Waals surface area contributed by atoms with Crippen LogP contribution in [0.3, 0.4) is 0 Å². The Hall–Kier alpha value is -1.40. The van der Waals surface area contributed by atoms with Crippen molar-refractivity contribution in [2.75, 3.05) is 27.2 Å². The van der Waals surface area contributed by atoms with Crippen molar-refractivity contribution in [2.45, 2.75) is 25.2 Å². The molecule has 6 heteroatoms. The van der Waals surface area contributed by atoms with Gasteiger partial charge in [0.25, 0.3) is 5.91 Å². The number of sulfonamides is 1.